The van der Waals surface area contributed by atoms with Crippen molar-refractivity contribution in [3.63, 3.8) is 0 Å². The standard InChI is InChI=1S/C20H18ClN3O2S/c1-2-26-19(25)12-27-20-23-16(13-7-9-14(21)10-8-13)11-18-22-15-5-3-4-6-17(15)24(18)20/h3-10,16H,2,11-12H2,1H3. The molecule has 0 N–H and O–H groups in total. The summed E-state index contributed by atoms with van der Waals surface area (Å²) in [6.07, 6.45) is 0.694. The second-order valence-electron chi connectivity index (χ2n) is 6.13. The number of carbonyl (C=O) groups is 1. The van der Waals surface area contributed by atoms with Crippen LogP contribution in [-0.4, -0.2) is 33.0 Å². The molecule has 1 aliphatic rings. The number of esters is 1. The fourth-order valence-electron chi connectivity index (χ4n) is 3.14. The maximum Gasteiger partial charge on any atom is 0.316 e. The lowest BCUT2D eigenvalue weighted by Gasteiger charge is -2.22. The minimum Gasteiger partial charge on any atom is -0.465 e. The van der Waals surface area contributed by atoms with Crippen LogP contribution in [-0.2, 0) is 16.0 Å². The van der Waals surface area contributed by atoms with Gasteiger partial charge in [0.2, 0.25) is 0 Å². The molecule has 0 saturated heterocycles. The SMILES string of the molecule is CCOC(=O)CSC1=NC(c2ccc(Cl)cc2)Cc2nc3ccccc3n21. The molecule has 2 heterocycles. The molecule has 0 aliphatic carbocycles. The molecule has 4 rings (SSSR count). The Morgan fingerprint density at radius 2 is 2.04 bits per heavy atom. The van der Waals surface area contributed by atoms with Crippen molar-refractivity contribution in [1.82, 2.24) is 9.55 Å². The van der Waals surface area contributed by atoms with Gasteiger partial charge in [-0.3, -0.25) is 14.4 Å². The summed E-state index contributed by atoms with van der Waals surface area (Å²) < 4.78 is 7.11. The normalized spacial score (nSPS) is 16.1. The number of para-hydroxylation sites is 2. The second kappa shape index (κ2) is 7.74. The van der Waals surface area contributed by atoms with E-state index in [-0.39, 0.29) is 17.8 Å². The monoisotopic (exact) mass is 399 g/mol. The van der Waals surface area contributed by atoms with E-state index in [0.29, 0.717) is 18.1 Å². The van der Waals surface area contributed by atoms with Crippen molar-refractivity contribution in [2.75, 3.05) is 12.4 Å². The lowest BCUT2D eigenvalue weighted by Crippen LogP contribution is -2.22. The van der Waals surface area contributed by atoms with E-state index < -0.39 is 0 Å². The van der Waals surface area contributed by atoms with Crippen LogP contribution in [0.3, 0.4) is 0 Å². The van der Waals surface area contributed by atoms with Gasteiger partial charge in [-0.25, -0.2) is 4.98 Å². The Morgan fingerprint density at radius 3 is 2.81 bits per heavy atom. The number of ether oxygens (including phenoxy) is 1. The second-order valence-corrected chi connectivity index (χ2v) is 7.51. The minimum atomic E-state index is -0.246. The Kier molecular flexibility index (Phi) is 5.18. The minimum absolute atomic E-state index is 0.0590. The van der Waals surface area contributed by atoms with E-state index in [0.717, 1.165) is 27.6 Å². The first kappa shape index (κ1) is 18.1. The summed E-state index contributed by atoms with van der Waals surface area (Å²) in [7, 11) is 0. The van der Waals surface area contributed by atoms with E-state index >= 15 is 0 Å². The van der Waals surface area contributed by atoms with Gasteiger partial charge in [0.15, 0.2) is 5.17 Å². The Hall–Kier alpha value is -2.31. The Morgan fingerprint density at radius 1 is 1.26 bits per heavy atom. The summed E-state index contributed by atoms with van der Waals surface area (Å²) in [5.41, 5.74) is 3.00. The van der Waals surface area contributed by atoms with Crippen LogP contribution in [0.5, 0.6) is 0 Å². The van der Waals surface area contributed by atoms with Crippen molar-refractivity contribution < 1.29 is 9.53 Å². The highest BCUT2D eigenvalue weighted by molar-refractivity contribution is 8.14. The molecule has 3 aromatic rings. The molecule has 0 bridgehead atoms. The highest BCUT2D eigenvalue weighted by atomic mass is 35.5. The Bertz CT molecular complexity index is 1010. The number of carbonyl (C=O) groups excluding carboxylic acids is 1. The number of thioether (sulfide) groups is 1. The molecule has 0 amide bonds. The molecule has 138 valence electrons. The van der Waals surface area contributed by atoms with E-state index in [1.165, 1.54) is 11.8 Å². The molecule has 7 heteroatoms. The van der Waals surface area contributed by atoms with Gasteiger partial charge >= 0.3 is 5.97 Å². The van der Waals surface area contributed by atoms with Crippen molar-refractivity contribution in [2.45, 2.75) is 19.4 Å². The Balaban J connectivity index is 1.72. The van der Waals surface area contributed by atoms with E-state index in [9.17, 15) is 4.79 Å². The molecule has 1 aromatic heterocycles. The van der Waals surface area contributed by atoms with Gasteiger partial charge in [-0.1, -0.05) is 47.6 Å². The third-order valence-electron chi connectivity index (χ3n) is 4.34. The first-order valence-corrected chi connectivity index (χ1v) is 10.1. The number of nitrogens with zero attached hydrogens (tertiary/aromatic N) is 3. The maximum absolute atomic E-state index is 11.9. The molecule has 0 fully saturated rings. The molecule has 27 heavy (non-hydrogen) atoms. The average Bonchev–Trinajstić information content (AvgIpc) is 3.05. The van der Waals surface area contributed by atoms with Gasteiger partial charge in [0.25, 0.3) is 0 Å². The molecule has 1 aliphatic heterocycles. The number of aromatic nitrogens is 2. The van der Waals surface area contributed by atoms with Crippen LogP contribution in [0.4, 0.5) is 0 Å². The zero-order valence-corrected chi connectivity index (χ0v) is 16.3. The Labute approximate surface area is 166 Å². The van der Waals surface area contributed by atoms with Crippen molar-refractivity contribution in [2.24, 2.45) is 4.99 Å². The number of fused-ring (bicyclic) bond motifs is 3. The number of hydrogen-bond donors (Lipinski definition) is 0. The van der Waals surface area contributed by atoms with Gasteiger partial charge < -0.3 is 4.74 Å². The van der Waals surface area contributed by atoms with Crippen LogP contribution in [0, 0.1) is 0 Å². The van der Waals surface area contributed by atoms with Crippen LogP contribution < -0.4 is 0 Å². The zero-order chi connectivity index (χ0) is 18.8. The summed E-state index contributed by atoms with van der Waals surface area (Å²) >= 11 is 7.40. The topological polar surface area (TPSA) is 56.5 Å². The summed E-state index contributed by atoms with van der Waals surface area (Å²) in [5.74, 6) is 0.911. The molecule has 0 radical (unpaired) electrons. The van der Waals surface area contributed by atoms with Gasteiger partial charge in [-0.05, 0) is 36.8 Å². The van der Waals surface area contributed by atoms with Gasteiger partial charge in [0.1, 0.15) is 5.82 Å². The average molecular weight is 400 g/mol. The fourth-order valence-corrected chi connectivity index (χ4v) is 4.13. The smallest absolute Gasteiger partial charge is 0.316 e. The lowest BCUT2D eigenvalue weighted by atomic mass is 10.0. The van der Waals surface area contributed by atoms with Gasteiger partial charge in [-0.2, -0.15) is 0 Å². The molecule has 0 spiro atoms. The molecule has 2 aromatic carbocycles. The van der Waals surface area contributed by atoms with E-state index in [1.807, 2.05) is 53.1 Å². The van der Waals surface area contributed by atoms with E-state index in [4.69, 9.17) is 26.3 Å². The number of benzene rings is 2. The van der Waals surface area contributed by atoms with E-state index in [1.54, 1.807) is 6.92 Å². The number of imidazole rings is 1. The molecule has 5 nitrogen and oxygen atoms in total. The number of rotatable bonds is 4. The predicted molar refractivity (Wildman–Crippen MR) is 110 cm³/mol. The van der Waals surface area contributed by atoms with Crippen molar-refractivity contribution >= 4 is 45.5 Å². The first-order valence-electron chi connectivity index (χ1n) is 8.74. The summed E-state index contributed by atoms with van der Waals surface area (Å²) in [6, 6.07) is 15.6. The lowest BCUT2D eigenvalue weighted by molar-refractivity contribution is -0.139. The summed E-state index contributed by atoms with van der Waals surface area (Å²) in [5, 5.41) is 1.46. The molecule has 0 saturated carbocycles. The third kappa shape index (κ3) is 3.73. The van der Waals surface area contributed by atoms with Crippen LogP contribution in [0.25, 0.3) is 11.0 Å². The highest BCUT2D eigenvalue weighted by Gasteiger charge is 2.26. The van der Waals surface area contributed by atoms with Crippen molar-refractivity contribution in [1.29, 1.82) is 0 Å². The fraction of sp³-hybridized carbons (Fsp3) is 0.250. The van der Waals surface area contributed by atoms with Crippen LogP contribution in [0.1, 0.15) is 24.4 Å². The highest BCUT2D eigenvalue weighted by Crippen LogP contribution is 2.32. The molecule has 1 unspecified atom stereocenters. The largest absolute Gasteiger partial charge is 0.465 e. The first-order chi connectivity index (χ1) is 13.2. The third-order valence-corrected chi connectivity index (χ3v) is 5.52. The predicted octanol–water partition coefficient (Wildman–Crippen LogP) is 4.49. The molecule has 1 atom stereocenters. The van der Waals surface area contributed by atoms with E-state index in [2.05, 4.69) is 0 Å². The van der Waals surface area contributed by atoms with Gasteiger partial charge in [0, 0.05) is 11.4 Å². The number of halogens is 1. The quantitative estimate of drug-likeness (QED) is 0.606. The summed E-state index contributed by atoms with van der Waals surface area (Å²) in [4.78, 5) is 21.6. The molecular weight excluding hydrogens is 382 g/mol. The zero-order valence-electron chi connectivity index (χ0n) is 14.8. The summed E-state index contributed by atoms with van der Waals surface area (Å²) in [6.45, 7) is 2.18. The van der Waals surface area contributed by atoms with Crippen LogP contribution in [0.2, 0.25) is 5.02 Å². The molecular formula is C20H18ClN3O2S. The van der Waals surface area contributed by atoms with Gasteiger partial charge in [-0.15, -0.1) is 0 Å². The van der Waals surface area contributed by atoms with Crippen LogP contribution >= 0.6 is 23.4 Å². The van der Waals surface area contributed by atoms with Crippen LogP contribution in [0.15, 0.2) is 53.5 Å². The van der Waals surface area contributed by atoms with Crippen molar-refractivity contribution in [3.8, 4) is 0 Å². The van der Waals surface area contributed by atoms with Crippen molar-refractivity contribution in [3.05, 3.63) is 64.9 Å². The number of hydrogen-bond acceptors (Lipinski definition) is 5. The van der Waals surface area contributed by atoms with Gasteiger partial charge in [0.05, 0.1) is 29.4 Å². The number of aliphatic imine (C=N–C) groups is 1. The maximum atomic E-state index is 11.9.